The van der Waals surface area contributed by atoms with Crippen molar-refractivity contribution in [2.24, 2.45) is 0 Å². The molecular weight excluding hydrogens is 336 g/mol. The molecule has 2 atom stereocenters. The van der Waals surface area contributed by atoms with Crippen LogP contribution in [0, 0.1) is 0 Å². The highest BCUT2D eigenvalue weighted by Gasteiger charge is 2.46. The normalized spacial score (nSPS) is 31.1. The lowest BCUT2D eigenvalue weighted by atomic mass is 9.81. The zero-order valence-corrected chi connectivity index (χ0v) is 13.6. The van der Waals surface area contributed by atoms with Gasteiger partial charge in [-0.2, -0.15) is 0 Å². The zero-order chi connectivity index (χ0) is 14.9. The van der Waals surface area contributed by atoms with Crippen LogP contribution in [0.5, 0.6) is 0 Å². The number of nitrogens with one attached hydrogen (secondary N) is 1. The van der Waals surface area contributed by atoms with Crippen molar-refractivity contribution in [3.8, 4) is 0 Å². The molecule has 0 saturated carbocycles. The van der Waals surface area contributed by atoms with Gasteiger partial charge in [0, 0.05) is 34.5 Å². The van der Waals surface area contributed by atoms with E-state index in [0.717, 1.165) is 35.7 Å². The van der Waals surface area contributed by atoms with Gasteiger partial charge in [0.1, 0.15) is 6.61 Å². The molecule has 2 saturated heterocycles. The number of pyridine rings is 1. The summed E-state index contributed by atoms with van der Waals surface area (Å²) >= 11 is 3.57. The number of hydrogen-bond acceptors (Lipinski definition) is 5. The van der Waals surface area contributed by atoms with Gasteiger partial charge in [0.25, 0.3) is 0 Å². The number of nitrogens with zero attached hydrogens (tertiary/aromatic N) is 1. The molecule has 2 aliphatic heterocycles. The van der Waals surface area contributed by atoms with Gasteiger partial charge >= 0.3 is 5.97 Å². The number of carbonyl (C=O) groups is 1. The molecule has 21 heavy (non-hydrogen) atoms. The third kappa shape index (κ3) is 2.98. The molecule has 2 fully saturated rings. The SMILES string of the molecule is COC(=O)COC1(c2ccncc2Br)CC2CCC(C1)N2. The topological polar surface area (TPSA) is 60.5 Å². The van der Waals surface area contributed by atoms with E-state index in [1.54, 1.807) is 12.4 Å². The van der Waals surface area contributed by atoms with Crippen LogP contribution in [0.2, 0.25) is 0 Å². The van der Waals surface area contributed by atoms with Crippen LogP contribution >= 0.6 is 15.9 Å². The molecule has 3 heterocycles. The minimum Gasteiger partial charge on any atom is -0.467 e. The summed E-state index contributed by atoms with van der Waals surface area (Å²) in [6.07, 6.45) is 7.61. The molecule has 114 valence electrons. The van der Waals surface area contributed by atoms with Crippen LogP contribution in [0.1, 0.15) is 31.2 Å². The molecule has 3 rings (SSSR count). The van der Waals surface area contributed by atoms with Gasteiger partial charge in [-0.05, 0) is 47.7 Å². The Kier molecular flexibility index (Phi) is 4.28. The van der Waals surface area contributed by atoms with Gasteiger partial charge in [-0.1, -0.05) is 0 Å². The molecule has 2 aliphatic rings. The van der Waals surface area contributed by atoms with E-state index in [4.69, 9.17) is 9.47 Å². The highest BCUT2D eigenvalue weighted by molar-refractivity contribution is 9.10. The van der Waals surface area contributed by atoms with Crippen molar-refractivity contribution in [2.45, 2.75) is 43.4 Å². The van der Waals surface area contributed by atoms with E-state index in [9.17, 15) is 4.79 Å². The summed E-state index contributed by atoms with van der Waals surface area (Å²) in [5.41, 5.74) is 0.618. The number of halogens is 1. The molecule has 0 radical (unpaired) electrons. The minimum absolute atomic E-state index is 0.0231. The van der Waals surface area contributed by atoms with Gasteiger partial charge < -0.3 is 14.8 Å². The van der Waals surface area contributed by atoms with Crippen molar-refractivity contribution >= 4 is 21.9 Å². The number of fused-ring (bicyclic) bond motifs is 2. The first-order chi connectivity index (χ1) is 10.1. The zero-order valence-electron chi connectivity index (χ0n) is 12.0. The number of carbonyl (C=O) groups excluding carboxylic acids is 1. The van der Waals surface area contributed by atoms with Crippen molar-refractivity contribution in [1.29, 1.82) is 0 Å². The summed E-state index contributed by atoms with van der Waals surface area (Å²) in [7, 11) is 1.38. The predicted molar refractivity (Wildman–Crippen MR) is 80.8 cm³/mol. The second-order valence-corrected chi connectivity index (χ2v) is 6.62. The maximum absolute atomic E-state index is 11.5. The second kappa shape index (κ2) is 6.02. The number of piperidine rings is 1. The van der Waals surface area contributed by atoms with Gasteiger partial charge in [-0.3, -0.25) is 4.98 Å². The molecule has 0 spiro atoms. The molecule has 1 aromatic rings. The van der Waals surface area contributed by atoms with Crippen LogP contribution in [0.15, 0.2) is 22.9 Å². The van der Waals surface area contributed by atoms with E-state index < -0.39 is 5.60 Å². The van der Waals surface area contributed by atoms with Crippen molar-refractivity contribution < 1.29 is 14.3 Å². The van der Waals surface area contributed by atoms with Crippen molar-refractivity contribution in [1.82, 2.24) is 10.3 Å². The number of rotatable bonds is 4. The van der Waals surface area contributed by atoms with Gasteiger partial charge in [0.05, 0.1) is 12.7 Å². The fourth-order valence-electron chi connectivity index (χ4n) is 3.52. The molecule has 1 N–H and O–H groups in total. The van der Waals surface area contributed by atoms with E-state index in [-0.39, 0.29) is 12.6 Å². The quantitative estimate of drug-likeness (QED) is 0.839. The maximum Gasteiger partial charge on any atom is 0.331 e. The first-order valence-electron chi connectivity index (χ1n) is 7.20. The Morgan fingerprint density at radius 3 is 2.81 bits per heavy atom. The molecule has 6 heteroatoms. The Labute approximate surface area is 132 Å². The fourth-order valence-corrected chi connectivity index (χ4v) is 4.13. The standard InChI is InChI=1S/C15H19BrN2O3/c1-20-14(19)9-21-15(12-4-5-17-8-13(12)16)6-10-2-3-11(7-15)18-10/h4-5,8,10-11,18H,2-3,6-7,9H2,1H3. The van der Waals surface area contributed by atoms with Gasteiger partial charge in [-0.25, -0.2) is 4.79 Å². The van der Waals surface area contributed by atoms with Crippen LogP contribution in [0.3, 0.4) is 0 Å². The summed E-state index contributed by atoms with van der Waals surface area (Å²) in [5.74, 6) is -0.342. The molecule has 0 aromatic carbocycles. The van der Waals surface area contributed by atoms with Gasteiger partial charge in [0.2, 0.25) is 0 Å². The smallest absolute Gasteiger partial charge is 0.331 e. The number of aromatic nitrogens is 1. The Hall–Kier alpha value is -0.980. The average Bonchev–Trinajstić information content (AvgIpc) is 2.84. The summed E-state index contributed by atoms with van der Waals surface area (Å²) in [4.78, 5) is 15.6. The first kappa shape index (κ1) is 14.9. The molecule has 0 amide bonds. The lowest BCUT2D eigenvalue weighted by Crippen LogP contribution is -2.49. The van der Waals surface area contributed by atoms with Crippen molar-refractivity contribution in [2.75, 3.05) is 13.7 Å². The summed E-state index contributed by atoms with van der Waals surface area (Å²) < 4.78 is 11.7. The lowest BCUT2D eigenvalue weighted by molar-refractivity contribution is -0.157. The van der Waals surface area contributed by atoms with Crippen LogP contribution in [-0.2, 0) is 19.9 Å². The summed E-state index contributed by atoms with van der Waals surface area (Å²) in [6, 6.07) is 2.87. The van der Waals surface area contributed by atoms with Crippen molar-refractivity contribution in [3.05, 3.63) is 28.5 Å². The van der Waals surface area contributed by atoms with E-state index in [2.05, 4.69) is 26.2 Å². The third-order valence-corrected chi connectivity index (χ3v) is 5.08. The van der Waals surface area contributed by atoms with Crippen LogP contribution in [0.25, 0.3) is 0 Å². The van der Waals surface area contributed by atoms with Gasteiger partial charge in [0.15, 0.2) is 0 Å². The number of ether oxygens (including phenoxy) is 2. The monoisotopic (exact) mass is 354 g/mol. The Morgan fingerprint density at radius 2 is 2.19 bits per heavy atom. The second-order valence-electron chi connectivity index (χ2n) is 5.76. The maximum atomic E-state index is 11.5. The van der Waals surface area contributed by atoms with E-state index in [0.29, 0.717) is 12.1 Å². The Bertz CT molecular complexity index is 525. The number of esters is 1. The molecule has 2 unspecified atom stereocenters. The highest BCUT2D eigenvalue weighted by Crippen LogP contribution is 2.45. The molecular formula is C15H19BrN2O3. The summed E-state index contributed by atoms with van der Waals surface area (Å²) in [5, 5.41) is 3.61. The van der Waals surface area contributed by atoms with Crippen LogP contribution < -0.4 is 5.32 Å². The van der Waals surface area contributed by atoms with Crippen LogP contribution in [0.4, 0.5) is 0 Å². The molecule has 5 nitrogen and oxygen atoms in total. The predicted octanol–water partition coefficient (Wildman–Crippen LogP) is 2.14. The highest BCUT2D eigenvalue weighted by atomic mass is 79.9. The lowest BCUT2D eigenvalue weighted by Gasteiger charge is -2.41. The van der Waals surface area contributed by atoms with E-state index in [1.165, 1.54) is 7.11 Å². The first-order valence-corrected chi connectivity index (χ1v) is 7.99. The van der Waals surface area contributed by atoms with E-state index >= 15 is 0 Å². The Balaban J connectivity index is 1.91. The largest absolute Gasteiger partial charge is 0.467 e. The fraction of sp³-hybridized carbons (Fsp3) is 0.600. The minimum atomic E-state index is -0.451. The third-order valence-electron chi connectivity index (χ3n) is 4.44. The van der Waals surface area contributed by atoms with Crippen LogP contribution in [-0.4, -0.2) is 36.8 Å². The average molecular weight is 355 g/mol. The molecule has 2 bridgehead atoms. The number of hydrogen-bond donors (Lipinski definition) is 1. The number of methoxy groups -OCH3 is 1. The van der Waals surface area contributed by atoms with Crippen molar-refractivity contribution in [3.63, 3.8) is 0 Å². The Morgan fingerprint density at radius 1 is 1.48 bits per heavy atom. The molecule has 0 aliphatic carbocycles. The molecule has 1 aromatic heterocycles. The van der Waals surface area contributed by atoms with E-state index in [1.807, 2.05) is 6.07 Å². The van der Waals surface area contributed by atoms with Gasteiger partial charge in [-0.15, -0.1) is 0 Å². The summed E-state index contributed by atoms with van der Waals surface area (Å²) in [6.45, 7) is -0.0231.